The van der Waals surface area contributed by atoms with Crippen LogP contribution in [0, 0.1) is 0 Å². The van der Waals surface area contributed by atoms with E-state index in [1.807, 2.05) is 25.1 Å². The van der Waals surface area contributed by atoms with Crippen molar-refractivity contribution < 1.29 is 14.3 Å². The van der Waals surface area contributed by atoms with E-state index in [-0.39, 0.29) is 12.6 Å². The number of benzene rings is 1. The standard InChI is InChI=1S/C20H27ClN4O3/c1-3-22-20(23-12-17(26)19-5-4-10-28-19)24-15-8-9-25(13-15)16-11-14(21)6-7-18(16)27-2/h4-7,10-11,15,17,26H,3,8-9,12-13H2,1-2H3,(H2,22,23,24). The molecule has 3 rings (SSSR count). The predicted octanol–water partition coefficient (Wildman–Crippen LogP) is 2.81. The minimum absolute atomic E-state index is 0.224. The number of rotatable bonds is 7. The first-order chi connectivity index (χ1) is 13.6. The largest absolute Gasteiger partial charge is 0.495 e. The van der Waals surface area contributed by atoms with E-state index in [9.17, 15) is 5.11 Å². The highest BCUT2D eigenvalue weighted by molar-refractivity contribution is 6.30. The molecule has 2 unspecified atom stereocenters. The van der Waals surface area contributed by atoms with E-state index in [0.717, 1.165) is 37.5 Å². The molecule has 1 aliphatic heterocycles. The Labute approximate surface area is 170 Å². The molecule has 1 aromatic heterocycles. The van der Waals surface area contributed by atoms with Crippen molar-refractivity contribution in [2.75, 3.05) is 38.2 Å². The molecule has 2 aromatic rings. The van der Waals surface area contributed by atoms with E-state index in [2.05, 4.69) is 20.5 Å². The average Bonchev–Trinajstić information content (AvgIpc) is 3.38. The van der Waals surface area contributed by atoms with Gasteiger partial charge in [-0.3, -0.25) is 4.99 Å². The number of hydrogen-bond acceptors (Lipinski definition) is 5. The van der Waals surface area contributed by atoms with Gasteiger partial charge in [0.2, 0.25) is 0 Å². The fourth-order valence-electron chi connectivity index (χ4n) is 3.27. The predicted molar refractivity (Wildman–Crippen MR) is 111 cm³/mol. The maximum Gasteiger partial charge on any atom is 0.191 e. The van der Waals surface area contributed by atoms with Gasteiger partial charge >= 0.3 is 0 Å². The molecule has 28 heavy (non-hydrogen) atoms. The second kappa shape index (κ2) is 9.71. The Balaban J connectivity index is 1.62. The fourth-order valence-corrected chi connectivity index (χ4v) is 3.44. The summed E-state index contributed by atoms with van der Waals surface area (Å²) in [5.74, 6) is 2.00. The Hall–Kier alpha value is -2.38. The highest BCUT2D eigenvalue weighted by Gasteiger charge is 2.25. The van der Waals surface area contributed by atoms with Crippen LogP contribution in [0.15, 0.2) is 46.0 Å². The molecule has 2 atom stereocenters. The molecule has 2 heterocycles. The van der Waals surface area contributed by atoms with Gasteiger partial charge in [0.05, 0.1) is 25.6 Å². The van der Waals surface area contributed by atoms with Crippen LogP contribution in [0.4, 0.5) is 5.69 Å². The molecule has 7 nitrogen and oxygen atoms in total. The molecule has 0 aliphatic carbocycles. The van der Waals surface area contributed by atoms with Crippen LogP contribution in [-0.2, 0) is 0 Å². The topological polar surface area (TPSA) is 82.3 Å². The molecule has 0 saturated carbocycles. The first-order valence-electron chi connectivity index (χ1n) is 9.45. The van der Waals surface area contributed by atoms with Gasteiger partial charge in [-0.15, -0.1) is 0 Å². The van der Waals surface area contributed by atoms with Crippen LogP contribution in [0.1, 0.15) is 25.2 Å². The van der Waals surface area contributed by atoms with Crippen molar-refractivity contribution in [2.45, 2.75) is 25.5 Å². The Bertz CT molecular complexity index is 782. The molecule has 0 radical (unpaired) electrons. The van der Waals surface area contributed by atoms with Crippen molar-refractivity contribution >= 4 is 23.2 Å². The number of aliphatic hydroxyl groups is 1. The molecule has 1 aromatic carbocycles. The number of halogens is 1. The van der Waals surface area contributed by atoms with Crippen molar-refractivity contribution in [3.63, 3.8) is 0 Å². The number of hydrogen-bond donors (Lipinski definition) is 3. The second-order valence-electron chi connectivity index (χ2n) is 6.64. The van der Waals surface area contributed by atoms with Crippen LogP contribution in [0.25, 0.3) is 0 Å². The summed E-state index contributed by atoms with van der Waals surface area (Å²) >= 11 is 6.17. The fraction of sp³-hybridized carbons (Fsp3) is 0.450. The monoisotopic (exact) mass is 406 g/mol. The van der Waals surface area contributed by atoms with E-state index in [0.29, 0.717) is 16.7 Å². The van der Waals surface area contributed by atoms with E-state index in [4.69, 9.17) is 20.8 Å². The number of furan rings is 1. The number of nitrogens with zero attached hydrogens (tertiary/aromatic N) is 2. The van der Waals surface area contributed by atoms with Gasteiger partial charge in [0.25, 0.3) is 0 Å². The zero-order valence-corrected chi connectivity index (χ0v) is 16.9. The summed E-state index contributed by atoms with van der Waals surface area (Å²) in [4.78, 5) is 6.75. The highest BCUT2D eigenvalue weighted by Crippen LogP contribution is 2.33. The Kier molecular flexibility index (Phi) is 7.06. The molecule has 0 bridgehead atoms. The minimum atomic E-state index is -0.763. The SMILES string of the molecule is CCNC(=NCC(O)c1ccco1)NC1CCN(c2cc(Cl)ccc2OC)C1. The quantitative estimate of drug-likeness (QED) is 0.484. The van der Waals surface area contributed by atoms with Gasteiger partial charge in [0.15, 0.2) is 5.96 Å². The highest BCUT2D eigenvalue weighted by atomic mass is 35.5. The van der Waals surface area contributed by atoms with E-state index < -0.39 is 6.10 Å². The van der Waals surface area contributed by atoms with Gasteiger partial charge in [-0.05, 0) is 43.7 Å². The van der Waals surface area contributed by atoms with Gasteiger partial charge in [-0.1, -0.05) is 11.6 Å². The molecular weight excluding hydrogens is 380 g/mol. The number of aliphatic hydroxyl groups excluding tert-OH is 1. The van der Waals surface area contributed by atoms with Crippen molar-refractivity contribution in [1.29, 1.82) is 0 Å². The summed E-state index contributed by atoms with van der Waals surface area (Å²) in [6, 6.07) is 9.37. The number of ether oxygens (including phenoxy) is 1. The minimum Gasteiger partial charge on any atom is -0.495 e. The van der Waals surface area contributed by atoms with Crippen LogP contribution >= 0.6 is 11.6 Å². The number of aliphatic imine (C=N–C) groups is 1. The number of methoxy groups -OCH3 is 1. The van der Waals surface area contributed by atoms with E-state index in [1.54, 1.807) is 25.5 Å². The van der Waals surface area contributed by atoms with Gasteiger partial charge in [-0.25, -0.2) is 0 Å². The van der Waals surface area contributed by atoms with Crippen LogP contribution in [0.5, 0.6) is 5.75 Å². The maximum atomic E-state index is 10.2. The lowest BCUT2D eigenvalue weighted by Gasteiger charge is -2.22. The van der Waals surface area contributed by atoms with Crippen LogP contribution < -0.4 is 20.3 Å². The lowest BCUT2D eigenvalue weighted by atomic mass is 10.2. The van der Waals surface area contributed by atoms with E-state index in [1.165, 1.54) is 0 Å². The number of anilines is 1. The van der Waals surface area contributed by atoms with Crippen LogP contribution in [0.3, 0.4) is 0 Å². The summed E-state index contributed by atoms with van der Waals surface area (Å²) in [6.07, 6.45) is 1.74. The second-order valence-corrected chi connectivity index (χ2v) is 7.08. The summed E-state index contributed by atoms with van der Waals surface area (Å²) in [5.41, 5.74) is 0.995. The third kappa shape index (κ3) is 5.11. The molecule has 1 aliphatic rings. The van der Waals surface area contributed by atoms with Crippen molar-refractivity contribution in [1.82, 2.24) is 10.6 Å². The number of nitrogens with one attached hydrogen (secondary N) is 2. The summed E-state index contributed by atoms with van der Waals surface area (Å²) < 4.78 is 10.7. The summed E-state index contributed by atoms with van der Waals surface area (Å²) in [6.45, 7) is 4.67. The van der Waals surface area contributed by atoms with Gasteiger partial charge in [-0.2, -0.15) is 0 Å². The van der Waals surface area contributed by atoms with Gasteiger partial charge in [0.1, 0.15) is 17.6 Å². The Morgan fingerprint density at radius 3 is 3.04 bits per heavy atom. The van der Waals surface area contributed by atoms with Crippen molar-refractivity contribution in [3.8, 4) is 5.75 Å². The zero-order valence-electron chi connectivity index (χ0n) is 16.2. The molecule has 3 N–H and O–H groups in total. The molecule has 1 saturated heterocycles. The third-order valence-electron chi connectivity index (χ3n) is 4.65. The lowest BCUT2D eigenvalue weighted by Crippen LogP contribution is -2.44. The van der Waals surface area contributed by atoms with Crippen molar-refractivity contribution in [2.24, 2.45) is 4.99 Å². The van der Waals surface area contributed by atoms with Crippen molar-refractivity contribution in [3.05, 3.63) is 47.4 Å². The normalized spacial score (nSPS) is 18.2. The summed E-state index contributed by atoms with van der Waals surface area (Å²) in [5, 5.41) is 17.5. The van der Waals surface area contributed by atoms with E-state index >= 15 is 0 Å². The average molecular weight is 407 g/mol. The maximum absolute atomic E-state index is 10.2. The molecule has 0 spiro atoms. The molecule has 0 amide bonds. The first kappa shape index (κ1) is 20.4. The smallest absolute Gasteiger partial charge is 0.191 e. The van der Waals surface area contributed by atoms with Gasteiger partial charge in [0, 0.05) is 30.7 Å². The van der Waals surface area contributed by atoms with Gasteiger partial charge < -0.3 is 29.8 Å². The molecule has 8 heteroatoms. The first-order valence-corrected chi connectivity index (χ1v) is 9.83. The molecule has 1 fully saturated rings. The Morgan fingerprint density at radius 1 is 1.46 bits per heavy atom. The third-order valence-corrected chi connectivity index (χ3v) is 4.88. The zero-order chi connectivity index (χ0) is 19.9. The number of guanidine groups is 1. The Morgan fingerprint density at radius 2 is 2.32 bits per heavy atom. The lowest BCUT2D eigenvalue weighted by molar-refractivity contribution is 0.158. The molecule has 152 valence electrons. The molecular formula is C20H27ClN4O3. The van der Waals surface area contributed by atoms with Crippen LogP contribution in [0.2, 0.25) is 5.02 Å². The van der Waals surface area contributed by atoms with Crippen LogP contribution in [-0.4, -0.2) is 50.4 Å². The summed E-state index contributed by atoms with van der Waals surface area (Å²) in [7, 11) is 1.67.